The SMILES string of the molecule is CC(C)(C)c1ccc(OC[C]=O)c(C(C)(C)C)c1. The number of hydrogen-bond acceptors (Lipinski definition) is 2. The zero-order chi connectivity index (χ0) is 14.0. The Labute approximate surface area is 110 Å². The summed E-state index contributed by atoms with van der Waals surface area (Å²) >= 11 is 0. The molecule has 0 aliphatic rings. The van der Waals surface area contributed by atoms with Crippen molar-refractivity contribution in [3.8, 4) is 5.75 Å². The van der Waals surface area contributed by atoms with Crippen molar-refractivity contribution in [1.82, 2.24) is 0 Å². The molecule has 1 radical (unpaired) electrons. The van der Waals surface area contributed by atoms with Gasteiger partial charge in [-0.2, -0.15) is 0 Å². The van der Waals surface area contributed by atoms with Crippen LogP contribution in [0, 0.1) is 0 Å². The number of benzene rings is 1. The average molecular weight is 247 g/mol. The fraction of sp³-hybridized carbons (Fsp3) is 0.562. The molecule has 0 fully saturated rings. The first kappa shape index (κ1) is 14.7. The minimum Gasteiger partial charge on any atom is -0.485 e. The zero-order valence-electron chi connectivity index (χ0n) is 12.3. The van der Waals surface area contributed by atoms with Crippen LogP contribution in [-0.2, 0) is 15.6 Å². The van der Waals surface area contributed by atoms with Crippen molar-refractivity contribution in [2.24, 2.45) is 0 Å². The molecule has 99 valence electrons. The first-order valence-corrected chi connectivity index (χ1v) is 6.29. The Kier molecular flexibility index (Phi) is 4.20. The van der Waals surface area contributed by atoms with Gasteiger partial charge in [-0.3, -0.25) is 4.79 Å². The van der Waals surface area contributed by atoms with Gasteiger partial charge in [0.1, 0.15) is 5.75 Å². The number of rotatable bonds is 3. The smallest absolute Gasteiger partial charge is 0.239 e. The zero-order valence-corrected chi connectivity index (χ0v) is 12.3. The lowest BCUT2D eigenvalue weighted by Crippen LogP contribution is -2.18. The van der Waals surface area contributed by atoms with Crippen LogP contribution in [0.2, 0.25) is 0 Å². The summed E-state index contributed by atoms with van der Waals surface area (Å²) < 4.78 is 5.46. The fourth-order valence-electron chi connectivity index (χ4n) is 1.82. The second-order valence-corrected chi connectivity index (χ2v) is 6.64. The van der Waals surface area contributed by atoms with E-state index in [4.69, 9.17) is 4.74 Å². The summed E-state index contributed by atoms with van der Waals surface area (Å²) in [5.41, 5.74) is 2.49. The molecule has 0 saturated heterocycles. The summed E-state index contributed by atoms with van der Waals surface area (Å²) in [4.78, 5) is 10.3. The Balaban J connectivity index is 3.25. The van der Waals surface area contributed by atoms with E-state index in [2.05, 4.69) is 53.7 Å². The molecule has 1 aromatic rings. The van der Waals surface area contributed by atoms with Crippen LogP contribution >= 0.6 is 0 Å². The topological polar surface area (TPSA) is 26.3 Å². The standard InChI is InChI=1S/C16H23O2/c1-15(2,3)12-7-8-14(18-10-9-17)13(11-12)16(4,5)6/h7-8,11H,10H2,1-6H3. The van der Waals surface area contributed by atoms with Gasteiger partial charge in [-0.1, -0.05) is 53.7 Å². The molecule has 2 nitrogen and oxygen atoms in total. The second-order valence-electron chi connectivity index (χ2n) is 6.64. The summed E-state index contributed by atoms with van der Waals surface area (Å²) in [7, 11) is 0. The van der Waals surface area contributed by atoms with Crippen molar-refractivity contribution < 1.29 is 9.53 Å². The Morgan fingerprint density at radius 2 is 1.67 bits per heavy atom. The van der Waals surface area contributed by atoms with Gasteiger partial charge in [-0.15, -0.1) is 0 Å². The lowest BCUT2D eigenvalue weighted by atomic mass is 9.80. The third-order valence-corrected chi connectivity index (χ3v) is 2.94. The average Bonchev–Trinajstić information content (AvgIpc) is 2.23. The molecule has 0 amide bonds. The van der Waals surface area contributed by atoms with Crippen molar-refractivity contribution in [2.75, 3.05) is 6.61 Å². The molecule has 0 atom stereocenters. The highest BCUT2D eigenvalue weighted by molar-refractivity contribution is 5.53. The molecule has 0 aliphatic carbocycles. The van der Waals surface area contributed by atoms with Gasteiger partial charge in [-0.05, 0) is 28.0 Å². The molecule has 0 saturated carbocycles. The quantitative estimate of drug-likeness (QED) is 0.812. The van der Waals surface area contributed by atoms with Gasteiger partial charge in [0.15, 0.2) is 6.61 Å². The Morgan fingerprint density at radius 1 is 1.06 bits per heavy atom. The van der Waals surface area contributed by atoms with E-state index in [1.54, 1.807) is 6.29 Å². The predicted octanol–water partition coefficient (Wildman–Crippen LogP) is 3.77. The highest BCUT2D eigenvalue weighted by atomic mass is 16.5. The highest BCUT2D eigenvalue weighted by Gasteiger charge is 2.22. The van der Waals surface area contributed by atoms with Crippen LogP contribution in [0.3, 0.4) is 0 Å². The molecule has 0 spiro atoms. The summed E-state index contributed by atoms with van der Waals surface area (Å²) in [6.07, 6.45) is 1.77. The largest absolute Gasteiger partial charge is 0.485 e. The molecular weight excluding hydrogens is 224 g/mol. The van der Waals surface area contributed by atoms with Gasteiger partial charge < -0.3 is 4.74 Å². The maximum absolute atomic E-state index is 10.3. The third kappa shape index (κ3) is 3.59. The molecule has 1 rings (SSSR count). The van der Waals surface area contributed by atoms with E-state index in [0.29, 0.717) is 0 Å². The molecule has 0 bridgehead atoms. The van der Waals surface area contributed by atoms with Crippen molar-refractivity contribution in [2.45, 2.75) is 52.4 Å². The maximum atomic E-state index is 10.3. The van der Waals surface area contributed by atoms with Crippen LogP contribution in [0.5, 0.6) is 5.75 Å². The van der Waals surface area contributed by atoms with Crippen LogP contribution in [-0.4, -0.2) is 12.9 Å². The van der Waals surface area contributed by atoms with Crippen LogP contribution in [0.15, 0.2) is 18.2 Å². The van der Waals surface area contributed by atoms with Crippen LogP contribution in [0.4, 0.5) is 0 Å². The molecule has 0 unspecified atom stereocenters. The molecule has 2 heteroatoms. The van der Waals surface area contributed by atoms with E-state index in [-0.39, 0.29) is 17.4 Å². The minimum atomic E-state index is -0.0159. The van der Waals surface area contributed by atoms with Crippen molar-refractivity contribution in [3.05, 3.63) is 29.3 Å². The van der Waals surface area contributed by atoms with E-state index in [1.165, 1.54) is 5.56 Å². The summed E-state index contributed by atoms with van der Waals surface area (Å²) in [6.45, 7) is 13.0. The second kappa shape index (κ2) is 5.13. The Morgan fingerprint density at radius 3 is 2.11 bits per heavy atom. The van der Waals surface area contributed by atoms with E-state index in [1.807, 2.05) is 6.07 Å². The minimum absolute atomic E-state index is 0.0144. The molecule has 0 N–H and O–H groups in total. The Hall–Kier alpha value is -1.31. The lowest BCUT2D eigenvalue weighted by molar-refractivity contribution is 0.353. The van der Waals surface area contributed by atoms with Crippen molar-refractivity contribution in [1.29, 1.82) is 0 Å². The fourth-order valence-corrected chi connectivity index (χ4v) is 1.82. The number of hydrogen-bond donors (Lipinski definition) is 0. The molecule has 0 aliphatic heterocycles. The summed E-state index contributed by atoms with van der Waals surface area (Å²) in [5.74, 6) is 0.777. The van der Waals surface area contributed by atoms with Crippen LogP contribution < -0.4 is 4.74 Å². The highest BCUT2D eigenvalue weighted by Crippen LogP contribution is 2.35. The molecule has 0 aromatic heterocycles. The monoisotopic (exact) mass is 247 g/mol. The molecule has 0 heterocycles. The predicted molar refractivity (Wildman–Crippen MR) is 75.0 cm³/mol. The number of carbonyl (C=O) groups excluding carboxylic acids is 1. The van der Waals surface area contributed by atoms with Gasteiger partial charge in [-0.25, -0.2) is 0 Å². The molecule has 1 aromatic carbocycles. The Bertz CT molecular complexity index is 420. The van der Waals surface area contributed by atoms with Gasteiger partial charge in [0.2, 0.25) is 6.29 Å². The van der Waals surface area contributed by atoms with Crippen LogP contribution in [0.1, 0.15) is 52.7 Å². The summed E-state index contributed by atoms with van der Waals surface area (Å²) in [6, 6.07) is 6.20. The van der Waals surface area contributed by atoms with Gasteiger partial charge in [0.05, 0.1) is 0 Å². The van der Waals surface area contributed by atoms with Crippen LogP contribution in [0.25, 0.3) is 0 Å². The van der Waals surface area contributed by atoms with Crippen molar-refractivity contribution >= 4 is 6.29 Å². The van der Waals surface area contributed by atoms with Gasteiger partial charge >= 0.3 is 0 Å². The number of ether oxygens (including phenoxy) is 1. The van der Waals surface area contributed by atoms with Crippen molar-refractivity contribution in [3.63, 3.8) is 0 Å². The maximum Gasteiger partial charge on any atom is 0.239 e. The van der Waals surface area contributed by atoms with E-state index in [9.17, 15) is 4.79 Å². The summed E-state index contributed by atoms with van der Waals surface area (Å²) in [5, 5.41) is 0. The first-order valence-electron chi connectivity index (χ1n) is 6.29. The molecular formula is C16H23O2. The van der Waals surface area contributed by atoms with Gasteiger partial charge in [0, 0.05) is 0 Å². The van der Waals surface area contributed by atoms with E-state index in [0.717, 1.165) is 11.3 Å². The van der Waals surface area contributed by atoms with E-state index < -0.39 is 0 Å². The first-order chi connectivity index (χ1) is 8.16. The molecule has 18 heavy (non-hydrogen) atoms. The third-order valence-electron chi connectivity index (χ3n) is 2.94. The normalized spacial score (nSPS) is 12.3. The lowest BCUT2D eigenvalue weighted by Gasteiger charge is -2.26. The van der Waals surface area contributed by atoms with Gasteiger partial charge in [0.25, 0.3) is 0 Å². The van der Waals surface area contributed by atoms with E-state index >= 15 is 0 Å².